The Balaban J connectivity index is 1.96. The fourth-order valence-corrected chi connectivity index (χ4v) is 3.32. The second-order valence-electron chi connectivity index (χ2n) is 7.14. The minimum Gasteiger partial charge on any atom is -0.342 e. The molecule has 1 aliphatic rings. The molecule has 1 aliphatic heterocycles. The summed E-state index contributed by atoms with van der Waals surface area (Å²) < 4.78 is 0. The Morgan fingerprint density at radius 2 is 1.84 bits per heavy atom. The number of nitrogens with zero attached hydrogens (tertiary/aromatic N) is 2. The maximum absolute atomic E-state index is 13.0. The van der Waals surface area contributed by atoms with Crippen LogP contribution in [-0.2, 0) is 16.1 Å². The number of rotatable bonds is 7. The van der Waals surface area contributed by atoms with Gasteiger partial charge in [0.1, 0.15) is 0 Å². The largest absolute Gasteiger partial charge is 0.342 e. The highest BCUT2D eigenvalue weighted by molar-refractivity contribution is 5.81. The standard InChI is InChI=1S/C20H31N3O2/c1-16(2)19(24)22-13-9-18(10-14-22)20(25)23(12-6-11-21)15-17-7-4-3-5-8-17/h3-5,7-8,16,18H,6,9-15,21H2,1-2H3. The molecule has 0 aromatic heterocycles. The third-order valence-corrected chi connectivity index (χ3v) is 4.81. The first kappa shape index (κ1) is 19.4. The molecule has 0 saturated carbocycles. The first-order valence-electron chi connectivity index (χ1n) is 9.34. The normalized spacial score (nSPS) is 15.4. The van der Waals surface area contributed by atoms with Crippen LogP contribution in [-0.4, -0.2) is 47.8 Å². The summed E-state index contributed by atoms with van der Waals surface area (Å²) in [6.45, 7) is 7.12. The van der Waals surface area contributed by atoms with Crippen molar-refractivity contribution in [2.45, 2.75) is 39.7 Å². The highest BCUT2D eigenvalue weighted by Gasteiger charge is 2.30. The van der Waals surface area contributed by atoms with Crippen LogP contribution in [0.5, 0.6) is 0 Å². The van der Waals surface area contributed by atoms with E-state index in [9.17, 15) is 9.59 Å². The van der Waals surface area contributed by atoms with Gasteiger partial charge in [0.15, 0.2) is 0 Å². The highest BCUT2D eigenvalue weighted by Crippen LogP contribution is 2.22. The molecule has 1 fully saturated rings. The number of amides is 2. The van der Waals surface area contributed by atoms with Gasteiger partial charge in [0.05, 0.1) is 0 Å². The molecule has 1 heterocycles. The number of carbonyl (C=O) groups excluding carboxylic acids is 2. The molecular weight excluding hydrogens is 314 g/mol. The number of hydrogen-bond acceptors (Lipinski definition) is 3. The summed E-state index contributed by atoms with van der Waals surface area (Å²) in [4.78, 5) is 28.9. The van der Waals surface area contributed by atoms with Gasteiger partial charge in [-0.1, -0.05) is 44.2 Å². The number of benzene rings is 1. The lowest BCUT2D eigenvalue weighted by Gasteiger charge is -2.35. The summed E-state index contributed by atoms with van der Waals surface area (Å²) in [5, 5.41) is 0. The topological polar surface area (TPSA) is 66.6 Å². The smallest absolute Gasteiger partial charge is 0.226 e. The van der Waals surface area contributed by atoms with Gasteiger partial charge in [0, 0.05) is 38.0 Å². The lowest BCUT2D eigenvalue weighted by molar-refractivity contribution is -0.142. The van der Waals surface area contributed by atoms with E-state index in [1.807, 2.05) is 54.0 Å². The maximum atomic E-state index is 13.0. The fourth-order valence-electron chi connectivity index (χ4n) is 3.32. The Labute approximate surface area is 151 Å². The van der Waals surface area contributed by atoms with Crippen molar-refractivity contribution in [1.82, 2.24) is 9.80 Å². The number of nitrogens with two attached hydrogens (primary N) is 1. The minimum absolute atomic E-state index is 0.0118. The number of hydrogen-bond donors (Lipinski definition) is 1. The second-order valence-corrected chi connectivity index (χ2v) is 7.14. The van der Waals surface area contributed by atoms with E-state index in [0.717, 1.165) is 24.8 Å². The Bertz CT molecular complexity index is 551. The molecule has 25 heavy (non-hydrogen) atoms. The van der Waals surface area contributed by atoms with Crippen LogP contribution < -0.4 is 5.73 Å². The van der Waals surface area contributed by atoms with Gasteiger partial charge in [-0.2, -0.15) is 0 Å². The zero-order valence-corrected chi connectivity index (χ0v) is 15.5. The molecule has 0 radical (unpaired) electrons. The van der Waals surface area contributed by atoms with Gasteiger partial charge in [0.2, 0.25) is 11.8 Å². The van der Waals surface area contributed by atoms with Crippen molar-refractivity contribution in [1.29, 1.82) is 0 Å². The summed E-state index contributed by atoms with van der Waals surface area (Å²) in [5.74, 6) is 0.424. The summed E-state index contributed by atoms with van der Waals surface area (Å²) in [6.07, 6.45) is 2.32. The zero-order chi connectivity index (χ0) is 18.2. The van der Waals surface area contributed by atoms with Gasteiger partial charge < -0.3 is 15.5 Å². The molecule has 2 rings (SSSR count). The van der Waals surface area contributed by atoms with Crippen molar-refractivity contribution in [3.63, 3.8) is 0 Å². The van der Waals surface area contributed by atoms with E-state index in [1.165, 1.54) is 0 Å². The fraction of sp³-hybridized carbons (Fsp3) is 0.600. The molecule has 5 nitrogen and oxygen atoms in total. The van der Waals surface area contributed by atoms with Crippen LogP contribution >= 0.6 is 0 Å². The number of carbonyl (C=O) groups is 2. The molecular formula is C20H31N3O2. The third kappa shape index (κ3) is 5.56. The first-order chi connectivity index (χ1) is 12.0. The second kappa shape index (κ2) is 9.56. The van der Waals surface area contributed by atoms with E-state index in [2.05, 4.69) is 0 Å². The van der Waals surface area contributed by atoms with Gasteiger partial charge in [-0.3, -0.25) is 9.59 Å². The van der Waals surface area contributed by atoms with Crippen LogP contribution in [0.15, 0.2) is 30.3 Å². The Morgan fingerprint density at radius 1 is 1.20 bits per heavy atom. The molecule has 1 aromatic rings. The Morgan fingerprint density at radius 3 is 2.40 bits per heavy atom. The summed E-state index contributed by atoms with van der Waals surface area (Å²) in [6, 6.07) is 10.1. The average molecular weight is 345 g/mol. The Kier molecular flexibility index (Phi) is 7.44. The zero-order valence-electron chi connectivity index (χ0n) is 15.5. The van der Waals surface area contributed by atoms with Gasteiger partial charge in [0.25, 0.3) is 0 Å². The maximum Gasteiger partial charge on any atom is 0.226 e. The van der Waals surface area contributed by atoms with Crippen LogP contribution in [0.1, 0.15) is 38.7 Å². The third-order valence-electron chi connectivity index (χ3n) is 4.81. The van der Waals surface area contributed by atoms with E-state index in [4.69, 9.17) is 5.73 Å². The summed E-state index contributed by atoms with van der Waals surface area (Å²) >= 11 is 0. The number of piperidine rings is 1. The molecule has 138 valence electrons. The predicted octanol–water partition coefficient (Wildman–Crippen LogP) is 2.26. The molecule has 1 saturated heterocycles. The van der Waals surface area contributed by atoms with Crippen molar-refractivity contribution in [3.8, 4) is 0 Å². The minimum atomic E-state index is 0.0118. The molecule has 0 unspecified atom stereocenters. The van der Waals surface area contributed by atoms with Crippen molar-refractivity contribution in [3.05, 3.63) is 35.9 Å². The van der Waals surface area contributed by atoms with Crippen molar-refractivity contribution in [2.24, 2.45) is 17.6 Å². The van der Waals surface area contributed by atoms with Gasteiger partial charge in [-0.25, -0.2) is 0 Å². The van der Waals surface area contributed by atoms with Crippen LogP contribution in [0.2, 0.25) is 0 Å². The van der Waals surface area contributed by atoms with Gasteiger partial charge in [-0.05, 0) is 31.4 Å². The van der Waals surface area contributed by atoms with Crippen molar-refractivity contribution in [2.75, 3.05) is 26.2 Å². The molecule has 2 N–H and O–H groups in total. The van der Waals surface area contributed by atoms with E-state index in [1.54, 1.807) is 0 Å². The molecule has 0 atom stereocenters. The lowest BCUT2D eigenvalue weighted by Crippen LogP contribution is -2.45. The van der Waals surface area contributed by atoms with E-state index < -0.39 is 0 Å². The highest BCUT2D eigenvalue weighted by atomic mass is 16.2. The molecule has 1 aromatic carbocycles. The quantitative estimate of drug-likeness (QED) is 0.824. The lowest BCUT2D eigenvalue weighted by atomic mass is 9.94. The molecule has 0 spiro atoms. The van der Waals surface area contributed by atoms with E-state index in [0.29, 0.717) is 32.7 Å². The van der Waals surface area contributed by atoms with Crippen molar-refractivity contribution >= 4 is 11.8 Å². The predicted molar refractivity (Wildman–Crippen MR) is 99.7 cm³/mol. The monoisotopic (exact) mass is 345 g/mol. The van der Waals surface area contributed by atoms with Gasteiger partial charge in [-0.15, -0.1) is 0 Å². The van der Waals surface area contributed by atoms with Gasteiger partial charge >= 0.3 is 0 Å². The molecule has 2 amide bonds. The molecule has 0 bridgehead atoms. The van der Waals surface area contributed by atoms with Crippen LogP contribution in [0, 0.1) is 11.8 Å². The number of likely N-dealkylation sites (tertiary alicyclic amines) is 1. The first-order valence-corrected chi connectivity index (χ1v) is 9.34. The summed E-state index contributed by atoms with van der Waals surface area (Å²) in [5.41, 5.74) is 6.79. The van der Waals surface area contributed by atoms with Crippen molar-refractivity contribution < 1.29 is 9.59 Å². The van der Waals surface area contributed by atoms with Crippen LogP contribution in [0.3, 0.4) is 0 Å². The molecule has 0 aliphatic carbocycles. The van der Waals surface area contributed by atoms with E-state index >= 15 is 0 Å². The SMILES string of the molecule is CC(C)C(=O)N1CCC(C(=O)N(CCCN)Cc2ccccc2)CC1. The Hall–Kier alpha value is -1.88. The average Bonchev–Trinajstić information content (AvgIpc) is 2.64. The van der Waals surface area contributed by atoms with Crippen LogP contribution in [0.4, 0.5) is 0 Å². The summed E-state index contributed by atoms with van der Waals surface area (Å²) in [7, 11) is 0. The van der Waals surface area contributed by atoms with Crippen LogP contribution in [0.25, 0.3) is 0 Å². The van der Waals surface area contributed by atoms with E-state index in [-0.39, 0.29) is 23.7 Å². The molecule has 5 heteroatoms.